The van der Waals surface area contributed by atoms with Gasteiger partial charge in [-0.05, 0) is 213 Å². The first-order valence-electron chi connectivity index (χ1n) is 41.5. The predicted octanol–water partition coefficient (Wildman–Crippen LogP) is 12.9. The highest BCUT2D eigenvalue weighted by Crippen LogP contribution is 2.57. The lowest BCUT2D eigenvalue weighted by molar-refractivity contribution is -0.121. The van der Waals surface area contributed by atoms with Crippen LogP contribution >= 0.6 is 0 Å². The smallest absolute Gasteiger partial charge is 0.359 e. The van der Waals surface area contributed by atoms with Crippen LogP contribution in [-0.4, -0.2) is 115 Å². The van der Waals surface area contributed by atoms with Crippen molar-refractivity contribution in [1.29, 1.82) is 21.0 Å². The number of carbonyl (C=O) groups is 8. The van der Waals surface area contributed by atoms with E-state index >= 15 is 0 Å². The van der Waals surface area contributed by atoms with Gasteiger partial charge in [0.1, 0.15) is 46.5 Å². The molecular formula is C96H70F12N16O9. The number of carbonyl (C=O) groups excluding carboxylic acids is 7. The fraction of sp³-hybridized carbons (Fsp3) is 0.250. The second-order valence-corrected chi connectivity index (χ2v) is 33.4. The molecule has 672 valence electrons. The predicted molar refractivity (Wildman–Crippen MR) is 442 cm³/mol. The van der Waals surface area contributed by atoms with Crippen LogP contribution in [0.1, 0.15) is 180 Å². The molecule has 8 aliphatic carbocycles. The Morgan fingerprint density at radius 1 is 0.346 bits per heavy atom. The number of Topliss-reactive ketones (excluding diaryl/α,β-unsaturated/α-hetero) is 4. The van der Waals surface area contributed by atoms with Crippen molar-refractivity contribution in [3.8, 4) is 24.3 Å². The Morgan fingerprint density at radius 2 is 0.586 bits per heavy atom. The lowest BCUT2D eigenvalue weighted by Crippen LogP contribution is -2.43. The van der Waals surface area contributed by atoms with E-state index in [0.29, 0.717) is 86.0 Å². The first-order valence-corrected chi connectivity index (χ1v) is 41.5. The van der Waals surface area contributed by atoms with E-state index in [1.54, 1.807) is 97.1 Å². The van der Waals surface area contributed by atoms with E-state index < -0.39 is 158 Å². The Hall–Kier alpha value is -15.8. The molecule has 3 amide bonds. The largest absolute Gasteiger partial charge is 0.476 e. The molecule has 25 nitrogen and oxygen atoms in total. The summed E-state index contributed by atoms with van der Waals surface area (Å²) in [6, 6.07) is 39.7. The van der Waals surface area contributed by atoms with Crippen molar-refractivity contribution >= 4 is 46.8 Å². The first-order chi connectivity index (χ1) is 63.7. The molecule has 0 spiro atoms. The minimum Gasteiger partial charge on any atom is -0.476 e. The number of nitrogens with zero attached hydrogens (tertiary/aromatic N) is 12. The number of hydrogen-bond donors (Lipinski definition) is 5. The zero-order valence-corrected chi connectivity index (χ0v) is 69.3. The number of amides is 3. The number of rotatable bonds is 15. The topological polar surface area (TPSA) is 385 Å². The van der Waals surface area contributed by atoms with E-state index in [1.807, 2.05) is 24.3 Å². The Bertz CT molecular complexity index is 6510. The highest BCUT2D eigenvalue weighted by Gasteiger charge is 2.55. The minimum absolute atomic E-state index is 0.00435. The van der Waals surface area contributed by atoms with Gasteiger partial charge in [-0.15, -0.1) is 0 Å². The molecule has 37 heteroatoms. The van der Waals surface area contributed by atoms with Gasteiger partial charge >= 0.3 is 5.97 Å². The number of nitrogens with two attached hydrogens (primary N) is 1. The number of carboxylic acid groups (broad SMARTS) is 1. The third-order valence-electron chi connectivity index (χ3n) is 24.5. The fourth-order valence-corrected chi connectivity index (χ4v) is 17.9. The average Bonchev–Trinajstić information content (AvgIpc) is 1.58. The summed E-state index contributed by atoms with van der Waals surface area (Å²) in [5.74, 6) is -15.9. The Balaban J connectivity index is 0.000000124. The maximum Gasteiger partial charge on any atom is 0.359 e. The van der Waals surface area contributed by atoms with Gasteiger partial charge in [-0.3, -0.25) is 52.3 Å². The molecule has 20 rings (SSSR count). The third kappa shape index (κ3) is 19.9. The molecule has 0 radical (unpaired) electrons. The highest BCUT2D eigenvalue weighted by molar-refractivity contribution is 6.00. The molecule has 0 saturated heterocycles. The van der Waals surface area contributed by atoms with Crippen molar-refractivity contribution in [2.45, 2.75) is 125 Å². The van der Waals surface area contributed by atoms with Gasteiger partial charge in [-0.2, -0.15) is 41.4 Å². The van der Waals surface area contributed by atoms with Gasteiger partial charge < -0.3 is 26.8 Å². The SMILES string of the molecule is N#Cc1cccc(Cn2cc(F)c(C(=O)N[C@@H]3C(=O)Cc4c(F)cc(F)cc4[C@@H]4CC34)n2)c1.N#Cc1cccc(Cn2cc(F)c(C(=O)N[C@@H]3C(=O)Cc4c(F)cc(F)cc4[C@@H]4C[C@H]34)n2)c1.N#Cc1cccc(Cn2cc(F)c(C(=O)N[C@H]3C(=O)Cc4c(F)cc(F)cc4[C@H]4C[C@H]43)n2)c1.N#Cc1cccc(Cn2cc(F)c(C(=O)O)n2)c1.N[C@@H]1C(=O)Cc2c(F)cc(F)cc2[C@@H]2CC12. The summed E-state index contributed by atoms with van der Waals surface area (Å²) < 4.78 is 172. The minimum atomic E-state index is -1.41. The number of aromatic nitrogens is 8. The van der Waals surface area contributed by atoms with Crippen molar-refractivity contribution in [3.05, 3.63) is 352 Å². The molecule has 8 aliphatic rings. The highest BCUT2D eigenvalue weighted by atomic mass is 19.2. The van der Waals surface area contributed by atoms with Crippen LogP contribution in [-0.2, 0) is 71.0 Å². The Kier molecular flexibility index (Phi) is 25.5. The Morgan fingerprint density at radius 3 is 0.842 bits per heavy atom. The molecule has 4 saturated carbocycles. The van der Waals surface area contributed by atoms with E-state index in [9.17, 15) is 91.0 Å². The summed E-state index contributed by atoms with van der Waals surface area (Å²) in [6.45, 7) is 0.645. The summed E-state index contributed by atoms with van der Waals surface area (Å²) in [7, 11) is 0. The molecule has 133 heavy (non-hydrogen) atoms. The zero-order valence-electron chi connectivity index (χ0n) is 69.3. The number of nitrogens with one attached hydrogen (secondary N) is 3. The average molecular weight is 1820 g/mol. The van der Waals surface area contributed by atoms with Crippen LogP contribution in [0.15, 0.2) is 170 Å². The molecule has 12 aromatic rings. The second-order valence-electron chi connectivity index (χ2n) is 33.4. The Labute approximate surface area is 746 Å². The van der Waals surface area contributed by atoms with Crippen molar-refractivity contribution < 1.29 is 96.1 Å². The lowest BCUT2D eigenvalue weighted by atomic mass is 9.99. The van der Waals surface area contributed by atoms with Crippen molar-refractivity contribution in [2.75, 3.05) is 0 Å². The van der Waals surface area contributed by atoms with Crippen molar-refractivity contribution in [2.24, 2.45) is 29.4 Å². The summed E-state index contributed by atoms with van der Waals surface area (Å²) in [4.78, 5) is 98.9. The van der Waals surface area contributed by atoms with Gasteiger partial charge in [0, 0.05) is 49.9 Å². The molecule has 12 atom stereocenters. The molecule has 6 N–H and O–H groups in total. The lowest BCUT2D eigenvalue weighted by Gasteiger charge is -2.15. The monoisotopic (exact) mass is 1820 g/mol. The molecular weight excluding hydrogens is 1750 g/mol. The number of nitriles is 4. The number of fused-ring (bicyclic) bond motifs is 12. The number of ketones is 4. The number of halogens is 12. The van der Waals surface area contributed by atoms with Crippen molar-refractivity contribution in [1.82, 2.24) is 55.1 Å². The van der Waals surface area contributed by atoms with Crippen LogP contribution in [0.5, 0.6) is 0 Å². The normalized spacial score (nSPS) is 20.7. The standard InChI is InChI=1S/3C24H17F3N4O2.C12H11F2NO.C12H8FN3O2/c3*25-14-5-15-16-7-18(16)22(21(32)8-17(15)19(26)6-14)29-24(33)23-20(27)11-31(30-23)10-13-3-1-2-12(4-13)9-28;13-5-1-6-7-3-9(7)12(15)11(16)4-8(6)10(14)2-5;13-10-7-16(15-11(10)12(17)18)6-9-3-1-2-8(4-9)5-14/h3*1-6,11,16,18,22H,7-8,10H2,(H,29,33);1-2,7,9,12H,3-4,15H2;1-4,7H,6H2,(H,17,18)/t16-,18?,22-;2*16-,18-,22-;7-,9?,12-;/m0100./s1. The molecule has 8 aromatic carbocycles. The van der Waals surface area contributed by atoms with Gasteiger partial charge in [0.2, 0.25) is 5.69 Å². The number of hydrogen-bond acceptors (Lipinski definition) is 17. The maximum atomic E-state index is 14.5. The van der Waals surface area contributed by atoms with Gasteiger partial charge in [-0.25, -0.2) is 57.5 Å². The summed E-state index contributed by atoms with van der Waals surface area (Å²) in [5.41, 5.74) is 11.3. The van der Waals surface area contributed by atoms with E-state index in [0.717, 1.165) is 61.0 Å². The number of aromatic carboxylic acids is 1. The maximum absolute atomic E-state index is 14.5. The molecule has 4 heterocycles. The molecule has 4 fully saturated rings. The molecule has 0 bridgehead atoms. The van der Waals surface area contributed by atoms with Crippen LogP contribution in [0.4, 0.5) is 52.7 Å². The van der Waals surface area contributed by atoms with Crippen molar-refractivity contribution in [3.63, 3.8) is 0 Å². The van der Waals surface area contributed by atoms with Gasteiger partial charge in [0.25, 0.3) is 17.7 Å². The number of benzene rings is 8. The van der Waals surface area contributed by atoms with Crippen LogP contribution in [0.25, 0.3) is 0 Å². The number of carboxylic acids is 1. The third-order valence-corrected chi connectivity index (χ3v) is 24.5. The van der Waals surface area contributed by atoms with E-state index in [-0.39, 0.29) is 122 Å². The second kappa shape index (κ2) is 37.4. The van der Waals surface area contributed by atoms with Gasteiger partial charge in [0.15, 0.2) is 63.5 Å². The van der Waals surface area contributed by atoms with Crippen LogP contribution < -0.4 is 21.7 Å². The van der Waals surface area contributed by atoms with Gasteiger partial charge in [0.05, 0.1) is 122 Å². The molecule has 4 aromatic heterocycles. The van der Waals surface area contributed by atoms with Crippen LogP contribution in [0.2, 0.25) is 0 Å². The molecule has 0 aliphatic heterocycles. The quantitative estimate of drug-likeness (QED) is 0.0595. The van der Waals surface area contributed by atoms with Crippen LogP contribution in [0.3, 0.4) is 0 Å². The first kappa shape index (κ1) is 90.6. The zero-order chi connectivity index (χ0) is 94.4. The summed E-state index contributed by atoms with van der Waals surface area (Å²) >= 11 is 0. The van der Waals surface area contributed by atoms with E-state index in [2.05, 4.69) is 36.3 Å². The van der Waals surface area contributed by atoms with E-state index in [1.165, 1.54) is 43.0 Å². The molecule has 2 unspecified atom stereocenters. The van der Waals surface area contributed by atoms with Gasteiger partial charge in [-0.1, -0.05) is 48.5 Å². The van der Waals surface area contributed by atoms with Crippen LogP contribution in [0, 0.1) is 139 Å². The summed E-state index contributed by atoms with van der Waals surface area (Å²) in [5, 5.41) is 67.7. The fourth-order valence-electron chi connectivity index (χ4n) is 17.9. The van der Waals surface area contributed by atoms with E-state index in [4.69, 9.17) is 31.9 Å². The summed E-state index contributed by atoms with van der Waals surface area (Å²) in [6.07, 6.45) is 5.66.